The van der Waals surface area contributed by atoms with Crippen LogP contribution in [-0.4, -0.2) is 23.0 Å². The summed E-state index contributed by atoms with van der Waals surface area (Å²) in [5.41, 5.74) is 8.59. The third-order valence-corrected chi connectivity index (χ3v) is 2.49. The molecule has 0 aliphatic heterocycles. The van der Waals surface area contributed by atoms with Gasteiger partial charge >= 0.3 is 5.97 Å². The van der Waals surface area contributed by atoms with E-state index in [0.717, 1.165) is 16.6 Å². The Morgan fingerprint density at radius 2 is 2.44 bits per heavy atom. The first-order valence-corrected chi connectivity index (χ1v) is 4.96. The van der Waals surface area contributed by atoms with Crippen molar-refractivity contribution in [2.24, 2.45) is 5.73 Å². The molecule has 3 N–H and O–H groups in total. The average molecular weight is 219 g/mol. The molecule has 0 fully saturated rings. The summed E-state index contributed by atoms with van der Waals surface area (Å²) in [6, 6.07) is 5.30. The molecule has 5 heteroatoms. The quantitative estimate of drug-likeness (QED) is 0.758. The Kier molecular flexibility index (Phi) is 2.87. The van der Waals surface area contributed by atoms with E-state index in [1.807, 2.05) is 18.2 Å². The maximum atomic E-state index is 11.1. The van der Waals surface area contributed by atoms with Gasteiger partial charge in [-0.3, -0.25) is 4.79 Å². The minimum Gasteiger partial charge on any atom is -0.469 e. The zero-order valence-corrected chi connectivity index (χ0v) is 8.93. The van der Waals surface area contributed by atoms with Crippen LogP contribution in [0.1, 0.15) is 18.0 Å². The van der Waals surface area contributed by atoms with E-state index >= 15 is 0 Å². The van der Waals surface area contributed by atoms with Gasteiger partial charge in [-0.15, -0.1) is 0 Å². The second-order valence-electron chi connectivity index (χ2n) is 3.57. The molecule has 0 radical (unpaired) electrons. The fourth-order valence-electron chi connectivity index (χ4n) is 1.56. The number of benzene rings is 1. The van der Waals surface area contributed by atoms with E-state index in [4.69, 9.17) is 5.73 Å². The lowest BCUT2D eigenvalue weighted by Crippen LogP contribution is -2.16. The Hall–Kier alpha value is -1.88. The van der Waals surface area contributed by atoms with Gasteiger partial charge in [0.05, 0.1) is 30.9 Å². The molecule has 1 unspecified atom stereocenters. The number of nitrogens with one attached hydrogen (secondary N) is 1. The number of nitrogens with two attached hydrogens (primary N) is 1. The first-order valence-electron chi connectivity index (χ1n) is 4.96. The Bertz CT molecular complexity index is 507. The van der Waals surface area contributed by atoms with Crippen molar-refractivity contribution >= 4 is 17.0 Å². The number of aromatic amines is 1. The SMILES string of the molecule is COC(=O)CC(N)c1ccc2nc[nH]c2c1. The molecule has 16 heavy (non-hydrogen) atoms. The zero-order chi connectivity index (χ0) is 11.5. The normalized spacial score (nSPS) is 12.6. The second kappa shape index (κ2) is 4.32. The highest BCUT2D eigenvalue weighted by Gasteiger charge is 2.12. The van der Waals surface area contributed by atoms with Crippen LogP contribution in [0.25, 0.3) is 11.0 Å². The van der Waals surface area contributed by atoms with Crippen LogP contribution in [0.5, 0.6) is 0 Å². The van der Waals surface area contributed by atoms with Crippen LogP contribution in [0.2, 0.25) is 0 Å². The van der Waals surface area contributed by atoms with Gasteiger partial charge in [0.1, 0.15) is 0 Å². The number of H-pyrrole nitrogens is 1. The number of carbonyl (C=O) groups is 1. The minimum absolute atomic E-state index is 0.177. The number of ether oxygens (including phenoxy) is 1. The van der Waals surface area contributed by atoms with Crippen molar-refractivity contribution in [3.63, 3.8) is 0 Å². The third kappa shape index (κ3) is 2.04. The van der Waals surface area contributed by atoms with Gasteiger partial charge in [0, 0.05) is 6.04 Å². The summed E-state index contributed by atoms with van der Waals surface area (Å²) in [5.74, 6) is -0.308. The molecule has 2 aromatic rings. The van der Waals surface area contributed by atoms with E-state index in [1.54, 1.807) is 6.33 Å². The zero-order valence-electron chi connectivity index (χ0n) is 8.93. The van der Waals surface area contributed by atoms with E-state index in [-0.39, 0.29) is 18.4 Å². The van der Waals surface area contributed by atoms with Crippen LogP contribution in [0.4, 0.5) is 0 Å². The Labute approximate surface area is 92.6 Å². The maximum absolute atomic E-state index is 11.1. The highest BCUT2D eigenvalue weighted by molar-refractivity contribution is 5.76. The van der Waals surface area contributed by atoms with Crippen LogP contribution in [0, 0.1) is 0 Å². The third-order valence-electron chi connectivity index (χ3n) is 2.49. The number of esters is 1. The number of carbonyl (C=O) groups excluding carboxylic acids is 1. The first kappa shape index (κ1) is 10.6. The lowest BCUT2D eigenvalue weighted by Gasteiger charge is -2.10. The minimum atomic E-state index is -0.347. The van der Waals surface area contributed by atoms with Gasteiger partial charge in [0.25, 0.3) is 0 Å². The van der Waals surface area contributed by atoms with Crippen molar-refractivity contribution in [3.05, 3.63) is 30.1 Å². The number of hydrogen-bond acceptors (Lipinski definition) is 4. The summed E-state index contributed by atoms with van der Waals surface area (Å²) >= 11 is 0. The van der Waals surface area contributed by atoms with Crippen LogP contribution in [0.3, 0.4) is 0 Å². The van der Waals surface area contributed by atoms with Gasteiger partial charge in [0.2, 0.25) is 0 Å². The number of rotatable bonds is 3. The molecular formula is C11H13N3O2. The fourth-order valence-corrected chi connectivity index (χ4v) is 1.56. The highest BCUT2D eigenvalue weighted by atomic mass is 16.5. The van der Waals surface area contributed by atoms with Crippen molar-refractivity contribution in [3.8, 4) is 0 Å². The predicted octanol–water partition coefficient (Wildman–Crippen LogP) is 1.13. The van der Waals surface area contributed by atoms with E-state index in [9.17, 15) is 4.79 Å². The summed E-state index contributed by atoms with van der Waals surface area (Å²) in [7, 11) is 1.35. The number of nitrogens with zero attached hydrogens (tertiary/aromatic N) is 1. The number of imidazole rings is 1. The standard InChI is InChI=1S/C11H13N3O2/c1-16-11(15)5-8(12)7-2-3-9-10(4-7)14-6-13-9/h2-4,6,8H,5,12H2,1H3,(H,13,14). The Balaban J connectivity index is 2.22. The largest absolute Gasteiger partial charge is 0.469 e. The average Bonchev–Trinajstić information content (AvgIpc) is 2.75. The summed E-state index contributed by atoms with van der Waals surface area (Å²) in [6.07, 6.45) is 1.80. The lowest BCUT2D eigenvalue weighted by molar-refractivity contribution is -0.141. The number of methoxy groups -OCH3 is 1. The molecule has 2 rings (SSSR count). The van der Waals surface area contributed by atoms with Gasteiger partial charge in [-0.05, 0) is 17.7 Å². The molecule has 0 aliphatic carbocycles. The van der Waals surface area contributed by atoms with E-state index < -0.39 is 0 Å². The molecule has 0 aliphatic rings. The molecular weight excluding hydrogens is 206 g/mol. The van der Waals surface area contributed by atoms with Crippen molar-refractivity contribution < 1.29 is 9.53 Å². The van der Waals surface area contributed by atoms with Crippen LogP contribution >= 0.6 is 0 Å². The van der Waals surface area contributed by atoms with Crippen LogP contribution in [0.15, 0.2) is 24.5 Å². The van der Waals surface area contributed by atoms with Crippen LogP contribution in [-0.2, 0) is 9.53 Å². The molecule has 1 aromatic carbocycles. The monoisotopic (exact) mass is 219 g/mol. The molecule has 1 atom stereocenters. The summed E-state index contributed by atoms with van der Waals surface area (Å²) in [6.45, 7) is 0. The lowest BCUT2D eigenvalue weighted by atomic mass is 10.0. The van der Waals surface area contributed by atoms with Gasteiger partial charge in [-0.25, -0.2) is 4.98 Å². The van der Waals surface area contributed by atoms with E-state index in [2.05, 4.69) is 14.7 Å². The molecule has 0 amide bonds. The number of fused-ring (bicyclic) bond motifs is 1. The van der Waals surface area contributed by atoms with E-state index in [0.29, 0.717) is 0 Å². The molecule has 5 nitrogen and oxygen atoms in total. The van der Waals surface area contributed by atoms with Crippen molar-refractivity contribution in [1.29, 1.82) is 0 Å². The molecule has 1 aromatic heterocycles. The summed E-state index contributed by atoms with van der Waals surface area (Å²) < 4.78 is 4.58. The predicted molar refractivity (Wildman–Crippen MR) is 59.7 cm³/mol. The number of aromatic nitrogens is 2. The van der Waals surface area contributed by atoms with Crippen LogP contribution < -0.4 is 5.73 Å². The first-order chi connectivity index (χ1) is 7.70. The maximum Gasteiger partial charge on any atom is 0.307 e. The fraction of sp³-hybridized carbons (Fsp3) is 0.273. The molecule has 0 saturated carbocycles. The van der Waals surface area contributed by atoms with Gasteiger partial charge in [-0.2, -0.15) is 0 Å². The van der Waals surface area contributed by atoms with Gasteiger partial charge in [-0.1, -0.05) is 6.07 Å². The summed E-state index contributed by atoms with van der Waals surface area (Å²) in [5, 5.41) is 0. The molecule has 0 spiro atoms. The van der Waals surface area contributed by atoms with Crippen molar-refractivity contribution in [2.75, 3.05) is 7.11 Å². The Morgan fingerprint density at radius 1 is 1.62 bits per heavy atom. The molecule has 1 heterocycles. The Morgan fingerprint density at radius 3 is 3.19 bits per heavy atom. The van der Waals surface area contributed by atoms with Gasteiger partial charge < -0.3 is 15.5 Å². The highest BCUT2D eigenvalue weighted by Crippen LogP contribution is 2.18. The smallest absolute Gasteiger partial charge is 0.307 e. The number of hydrogen-bond donors (Lipinski definition) is 2. The molecule has 0 bridgehead atoms. The molecule has 84 valence electrons. The van der Waals surface area contributed by atoms with Gasteiger partial charge in [0.15, 0.2) is 0 Å². The summed E-state index contributed by atoms with van der Waals surface area (Å²) in [4.78, 5) is 18.2. The second-order valence-corrected chi connectivity index (χ2v) is 3.57. The topological polar surface area (TPSA) is 81.0 Å². The van der Waals surface area contributed by atoms with Crippen molar-refractivity contribution in [1.82, 2.24) is 9.97 Å². The molecule has 0 saturated heterocycles. The van der Waals surface area contributed by atoms with Crippen molar-refractivity contribution in [2.45, 2.75) is 12.5 Å². The van der Waals surface area contributed by atoms with E-state index in [1.165, 1.54) is 7.11 Å².